The molecule has 1 atom stereocenters. The van der Waals surface area contributed by atoms with Crippen molar-refractivity contribution in [2.45, 2.75) is 26.3 Å². The molecule has 0 spiro atoms. The van der Waals surface area contributed by atoms with Gasteiger partial charge in [0.25, 0.3) is 0 Å². The molecule has 0 heterocycles. The van der Waals surface area contributed by atoms with Crippen LogP contribution in [0.4, 0.5) is 0 Å². The van der Waals surface area contributed by atoms with Crippen molar-refractivity contribution >= 4 is 12.1 Å². The Bertz CT molecular complexity index is 185. The average Bonchev–Trinajstić information content (AvgIpc) is 2.14. The Labute approximate surface area is 79.4 Å². The van der Waals surface area contributed by atoms with E-state index in [2.05, 4.69) is 6.58 Å². The number of rotatable bonds is 7. The van der Waals surface area contributed by atoms with Gasteiger partial charge in [0.2, 0.25) is 0 Å². The maximum Gasteiger partial charge on any atom is 0.160 e. The van der Waals surface area contributed by atoms with E-state index in [0.717, 1.165) is 13.1 Å². The van der Waals surface area contributed by atoms with Crippen molar-refractivity contribution in [3.8, 4) is 0 Å². The van der Waals surface area contributed by atoms with Gasteiger partial charge in [-0.2, -0.15) is 0 Å². The zero-order chi connectivity index (χ0) is 10.3. The van der Waals surface area contributed by atoms with Crippen LogP contribution in [0.2, 0.25) is 0 Å². The van der Waals surface area contributed by atoms with E-state index in [-0.39, 0.29) is 18.2 Å². The number of hydrogen-bond donors (Lipinski definition) is 0. The molecule has 1 unspecified atom stereocenters. The van der Waals surface area contributed by atoms with Crippen LogP contribution in [-0.2, 0) is 9.59 Å². The van der Waals surface area contributed by atoms with Gasteiger partial charge in [-0.15, -0.1) is 6.58 Å². The number of ketones is 1. The Hall–Kier alpha value is -0.960. The Morgan fingerprint density at radius 2 is 2.00 bits per heavy atom. The fraction of sp³-hybridized carbons (Fsp3) is 0.600. The molecule has 0 saturated heterocycles. The summed E-state index contributed by atoms with van der Waals surface area (Å²) in [4.78, 5) is 23.5. The predicted octanol–water partition coefficient (Wildman–Crippen LogP) is 1.04. The highest BCUT2D eigenvalue weighted by atomic mass is 16.1. The van der Waals surface area contributed by atoms with Gasteiger partial charge in [0.05, 0.1) is 12.5 Å². The highest BCUT2D eigenvalue weighted by Crippen LogP contribution is 2.03. The molecule has 0 rings (SSSR count). The summed E-state index contributed by atoms with van der Waals surface area (Å²) >= 11 is 0. The normalized spacial score (nSPS) is 12.5. The number of Topliss-reactive ketones (excluding diaryl/α,β-unsaturated/α-hetero) is 1. The smallest absolute Gasteiger partial charge is 0.160 e. The topological polar surface area (TPSA) is 37.4 Å². The summed E-state index contributed by atoms with van der Waals surface area (Å²) < 4.78 is 0. The van der Waals surface area contributed by atoms with Gasteiger partial charge in [0.15, 0.2) is 5.78 Å². The summed E-state index contributed by atoms with van der Waals surface area (Å²) in [5, 5.41) is 0. The lowest BCUT2D eigenvalue weighted by atomic mass is 10.1. The van der Waals surface area contributed by atoms with Crippen LogP contribution in [0, 0.1) is 0 Å². The lowest BCUT2D eigenvalue weighted by molar-refractivity contribution is -0.125. The number of likely N-dealkylation sites (N-methyl/N-ethyl adjacent to an activating group) is 1. The molecule has 0 aliphatic heterocycles. The molecule has 74 valence electrons. The maximum absolute atomic E-state index is 11.4. The fourth-order valence-electron chi connectivity index (χ4n) is 1.30. The van der Waals surface area contributed by atoms with E-state index in [1.807, 2.05) is 18.7 Å². The molecule has 0 saturated carbocycles. The van der Waals surface area contributed by atoms with Crippen LogP contribution in [0.3, 0.4) is 0 Å². The second-order valence-corrected chi connectivity index (χ2v) is 2.74. The molecule has 0 amide bonds. The van der Waals surface area contributed by atoms with E-state index in [0.29, 0.717) is 6.29 Å². The van der Waals surface area contributed by atoms with Crippen molar-refractivity contribution in [2.75, 3.05) is 13.1 Å². The van der Waals surface area contributed by atoms with Crippen LogP contribution in [0.15, 0.2) is 12.7 Å². The fourth-order valence-corrected chi connectivity index (χ4v) is 1.30. The second-order valence-electron chi connectivity index (χ2n) is 2.74. The maximum atomic E-state index is 11.4. The van der Waals surface area contributed by atoms with E-state index < -0.39 is 0 Å². The van der Waals surface area contributed by atoms with Crippen molar-refractivity contribution in [1.82, 2.24) is 4.90 Å². The highest BCUT2D eigenvalue weighted by Gasteiger charge is 2.19. The number of aldehydes is 1. The van der Waals surface area contributed by atoms with E-state index in [9.17, 15) is 9.59 Å². The molecule has 13 heavy (non-hydrogen) atoms. The van der Waals surface area contributed by atoms with Crippen LogP contribution in [0.25, 0.3) is 0 Å². The van der Waals surface area contributed by atoms with Gasteiger partial charge >= 0.3 is 0 Å². The van der Waals surface area contributed by atoms with Gasteiger partial charge in [-0.3, -0.25) is 9.69 Å². The number of nitrogens with zero attached hydrogens (tertiary/aromatic N) is 1. The van der Waals surface area contributed by atoms with Crippen molar-refractivity contribution in [1.29, 1.82) is 0 Å². The van der Waals surface area contributed by atoms with Crippen LogP contribution in [0.1, 0.15) is 20.3 Å². The molecule has 0 fully saturated rings. The van der Waals surface area contributed by atoms with Crippen molar-refractivity contribution in [3.63, 3.8) is 0 Å². The summed E-state index contributed by atoms with van der Waals surface area (Å²) in [7, 11) is 0. The quantitative estimate of drug-likeness (QED) is 0.336. The van der Waals surface area contributed by atoms with Gasteiger partial charge in [0.1, 0.15) is 6.29 Å². The molecule has 0 aromatic rings. The molecule has 3 nitrogen and oxygen atoms in total. The Balaban J connectivity index is 4.37. The summed E-state index contributed by atoms with van der Waals surface area (Å²) in [6.07, 6.45) is 2.22. The SMILES string of the molecule is C=CC(C(=O)CC=O)N(CC)CC. The van der Waals surface area contributed by atoms with Gasteiger partial charge in [-0.05, 0) is 13.1 Å². The molecular weight excluding hydrogens is 166 g/mol. The highest BCUT2D eigenvalue weighted by molar-refractivity contribution is 5.94. The third-order valence-corrected chi connectivity index (χ3v) is 2.04. The summed E-state index contributed by atoms with van der Waals surface area (Å²) in [5.41, 5.74) is 0. The molecule has 0 bridgehead atoms. The first-order chi connectivity index (χ1) is 6.21. The Morgan fingerprint density at radius 1 is 1.46 bits per heavy atom. The van der Waals surface area contributed by atoms with Gasteiger partial charge < -0.3 is 4.79 Å². The minimum atomic E-state index is -0.305. The number of hydrogen-bond acceptors (Lipinski definition) is 3. The lowest BCUT2D eigenvalue weighted by Gasteiger charge is -2.24. The Kier molecular flexibility index (Phi) is 6.06. The molecule has 0 aromatic heterocycles. The molecule has 0 radical (unpaired) electrons. The van der Waals surface area contributed by atoms with Crippen LogP contribution >= 0.6 is 0 Å². The van der Waals surface area contributed by atoms with Crippen LogP contribution in [0.5, 0.6) is 0 Å². The third-order valence-electron chi connectivity index (χ3n) is 2.04. The lowest BCUT2D eigenvalue weighted by Crippen LogP contribution is -2.39. The molecule has 0 aromatic carbocycles. The zero-order valence-corrected chi connectivity index (χ0v) is 8.32. The average molecular weight is 183 g/mol. The standard InChI is InChI=1S/C10H17NO2/c1-4-9(10(13)7-8-12)11(5-2)6-3/h4,8-9H,1,5-7H2,2-3H3. The van der Waals surface area contributed by atoms with Crippen molar-refractivity contribution in [2.24, 2.45) is 0 Å². The Morgan fingerprint density at radius 3 is 2.31 bits per heavy atom. The first-order valence-corrected chi connectivity index (χ1v) is 4.54. The minimum Gasteiger partial charge on any atom is -0.303 e. The summed E-state index contributed by atoms with van der Waals surface area (Å²) in [5.74, 6) is -0.0753. The van der Waals surface area contributed by atoms with Crippen LogP contribution < -0.4 is 0 Å². The number of carbonyl (C=O) groups excluding carboxylic acids is 2. The van der Waals surface area contributed by atoms with Gasteiger partial charge in [-0.25, -0.2) is 0 Å². The summed E-state index contributed by atoms with van der Waals surface area (Å²) in [6, 6.07) is -0.305. The second kappa shape index (κ2) is 6.54. The molecule has 0 N–H and O–H groups in total. The van der Waals surface area contributed by atoms with E-state index in [1.165, 1.54) is 0 Å². The molecule has 0 aliphatic rings. The van der Waals surface area contributed by atoms with E-state index in [4.69, 9.17) is 0 Å². The summed E-state index contributed by atoms with van der Waals surface area (Å²) in [6.45, 7) is 9.14. The molecular formula is C10H17NO2. The molecule has 3 heteroatoms. The van der Waals surface area contributed by atoms with Gasteiger partial charge in [-0.1, -0.05) is 19.9 Å². The zero-order valence-electron chi connectivity index (χ0n) is 8.32. The third kappa shape index (κ3) is 3.51. The van der Waals surface area contributed by atoms with E-state index >= 15 is 0 Å². The largest absolute Gasteiger partial charge is 0.303 e. The first kappa shape index (κ1) is 12.0. The van der Waals surface area contributed by atoms with E-state index in [1.54, 1.807) is 6.08 Å². The predicted molar refractivity (Wildman–Crippen MR) is 52.6 cm³/mol. The first-order valence-electron chi connectivity index (χ1n) is 4.54. The minimum absolute atomic E-state index is 0.0206. The van der Waals surface area contributed by atoms with Gasteiger partial charge in [0, 0.05) is 0 Å². The van der Waals surface area contributed by atoms with Crippen LogP contribution in [-0.4, -0.2) is 36.1 Å². The monoisotopic (exact) mass is 183 g/mol. The van der Waals surface area contributed by atoms with Crippen molar-refractivity contribution in [3.05, 3.63) is 12.7 Å². The number of carbonyl (C=O) groups is 2. The molecule has 0 aliphatic carbocycles. The van der Waals surface area contributed by atoms with Crippen molar-refractivity contribution < 1.29 is 9.59 Å².